The molecular weight excluding hydrogens is 192 g/mol. The molecule has 1 amide bonds. The van der Waals surface area contributed by atoms with E-state index in [9.17, 15) is 13.6 Å². The molecule has 0 aliphatic carbocycles. The van der Waals surface area contributed by atoms with E-state index >= 15 is 0 Å². The molecular formula is C9H15F2NO2. The normalized spacial score (nSPS) is 16.6. The van der Waals surface area contributed by atoms with Crippen LogP contribution in [-0.4, -0.2) is 43.5 Å². The Kier molecular flexibility index (Phi) is 4.79. The first-order valence-corrected chi connectivity index (χ1v) is 4.84. The fraction of sp³-hybridized carbons (Fsp3) is 0.889. The second-order valence-electron chi connectivity index (χ2n) is 3.30. The van der Waals surface area contributed by atoms with Crippen LogP contribution in [0.2, 0.25) is 0 Å². The molecule has 0 atom stereocenters. The van der Waals surface area contributed by atoms with E-state index in [1.54, 1.807) is 4.90 Å². The highest BCUT2D eigenvalue weighted by atomic mass is 19.3. The van der Waals surface area contributed by atoms with Gasteiger partial charge < -0.3 is 9.64 Å². The fourth-order valence-corrected chi connectivity index (χ4v) is 1.46. The van der Waals surface area contributed by atoms with Gasteiger partial charge >= 0.3 is 0 Å². The van der Waals surface area contributed by atoms with Crippen molar-refractivity contribution in [1.29, 1.82) is 0 Å². The number of hydrogen-bond donors (Lipinski definition) is 0. The van der Waals surface area contributed by atoms with Gasteiger partial charge in [0.25, 0.3) is 6.43 Å². The van der Waals surface area contributed by atoms with Gasteiger partial charge in [-0.3, -0.25) is 4.79 Å². The van der Waals surface area contributed by atoms with Gasteiger partial charge in [0.1, 0.15) is 6.61 Å². The Morgan fingerprint density at radius 1 is 1.36 bits per heavy atom. The molecule has 1 aliphatic heterocycles. The van der Waals surface area contributed by atoms with E-state index in [4.69, 9.17) is 0 Å². The monoisotopic (exact) mass is 207 g/mol. The topological polar surface area (TPSA) is 29.5 Å². The zero-order valence-electron chi connectivity index (χ0n) is 8.05. The molecule has 5 heteroatoms. The number of carbonyl (C=O) groups excluding carboxylic acids is 1. The minimum absolute atomic E-state index is 0.0109. The van der Waals surface area contributed by atoms with E-state index in [0.29, 0.717) is 0 Å². The molecule has 1 heterocycles. The van der Waals surface area contributed by atoms with Gasteiger partial charge in [0.05, 0.1) is 13.0 Å². The summed E-state index contributed by atoms with van der Waals surface area (Å²) in [5, 5.41) is 0. The first kappa shape index (κ1) is 11.4. The average Bonchev–Trinajstić information content (AvgIpc) is 2.64. The Morgan fingerprint density at radius 3 is 2.57 bits per heavy atom. The van der Waals surface area contributed by atoms with Crippen molar-refractivity contribution in [1.82, 2.24) is 4.90 Å². The quantitative estimate of drug-likeness (QED) is 0.635. The maximum atomic E-state index is 11.6. The van der Waals surface area contributed by atoms with Crippen molar-refractivity contribution in [2.75, 3.05) is 26.3 Å². The lowest BCUT2D eigenvalue weighted by molar-refractivity contribution is -0.131. The Bertz CT molecular complexity index is 182. The van der Waals surface area contributed by atoms with Crippen molar-refractivity contribution >= 4 is 5.91 Å². The van der Waals surface area contributed by atoms with Gasteiger partial charge in [-0.05, 0) is 12.8 Å². The lowest BCUT2D eigenvalue weighted by atomic mass is 10.4. The van der Waals surface area contributed by atoms with Crippen molar-refractivity contribution in [3.63, 3.8) is 0 Å². The predicted molar refractivity (Wildman–Crippen MR) is 47.3 cm³/mol. The molecule has 1 aliphatic rings. The molecule has 0 radical (unpaired) electrons. The third kappa shape index (κ3) is 4.00. The van der Waals surface area contributed by atoms with Gasteiger partial charge in [-0.1, -0.05) is 0 Å². The van der Waals surface area contributed by atoms with Crippen LogP contribution in [0, 0.1) is 0 Å². The molecule has 1 saturated heterocycles. The second kappa shape index (κ2) is 5.90. The SMILES string of the molecule is O=C(CCOCC(F)F)N1CCCC1. The largest absolute Gasteiger partial charge is 0.375 e. The third-order valence-electron chi connectivity index (χ3n) is 2.16. The number of nitrogens with zero attached hydrogens (tertiary/aromatic N) is 1. The molecule has 1 rings (SSSR count). The van der Waals surface area contributed by atoms with E-state index in [1.165, 1.54) is 0 Å². The molecule has 0 aromatic rings. The van der Waals surface area contributed by atoms with Gasteiger partial charge in [-0.2, -0.15) is 0 Å². The van der Waals surface area contributed by atoms with Crippen molar-refractivity contribution in [2.45, 2.75) is 25.7 Å². The summed E-state index contributed by atoms with van der Waals surface area (Å²) in [7, 11) is 0. The summed E-state index contributed by atoms with van der Waals surface area (Å²) in [5.74, 6) is 0.0109. The number of likely N-dealkylation sites (tertiary alicyclic amines) is 1. The van der Waals surface area contributed by atoms with Gasteiger partial charge in [-0.25, -0.2) is 8.78 Å². The molecule has 3 nitrogen and oxygen atoms in total. The van der Waals surface area contributed by atoms with Crippen LogP contribution < -0.4 is 0 Å². The Balaban J connectivity index is 2.03. The molecule has 0 bridgehead atoms. The first-order chi connectivity index (χ1) is 6.70. The average molecular weight is 207 g/mol. The van der Waals surface area contributed by atoms with Crippen LogP contribution in [0.3, 0.4) is 0 Å². The maximum absolute atomic E-state index is 11.6. The number of alkyl halides is 2. The molecule has 14 heavy (non-hydrogen) atoms. The highest BCUT2D eigenvalue weighted by Gasteiger charge is 2.17. The first-order valence-electron chi connectivity index (χ1n) is 4.84. The van der Waals surface area contributed by atoms with E-state index < -0.39 is 13.0 Å². The smallest absolute Gasteiger partial charge is 0.261 e. The Labute approximate surface area is 82.0 Å². The van der Waals surface area contributed by atoms with Crippen LogP contribution in [0.15, 0.2) is 0 Å². The van der Waals surface area contributed by atoms with E-state index in [1.807, 2.05) is 0 Å². The minimum atomic E-state index is -2.45. The summed E-state index contributed by atoms with van der Waals surface area (Å²) >= 11 is 0. The van der Waals surface area contributed by atoms with Crippen molar-refractivity contribution < 1.29 is 18.3 Å². The Hall–Kier alpha value is -0.710. The summed E-state index contributed by atoms with van der Waals surface area (Å²) in [6.45, 7) is 1.12. The van der Waals surface area contributed by atoms with Crippen molar-refractivity contribution in [3.05, 3.63) is 0 Å². The Morgan fingerprint density at radius 2 is 2.00 bits per heavy atom. The van der Waals surface area contributed by atoms with Gasteiger partial charge in [0.15, 0.2) is 0 Å². The molecule has 82 valence electrons. The molecule has 0 aromatic heterocycles. The zero-order valence-corrected chi connectivity index (χ0v) is 8.05. The maximum Gasteiger partial charge on any atom is 0.261 e. The third-order valence-corrected chi connectivity index (χ3v) is 2.16. The van der Waals surface area contributed by atoms with Crippen LogP contribution in [-0.2, 0) is 9.53 Å². The summed E-state index contributed by atoms with van der Waals surface area (Å²) in [6, 6.07) is 0. The second-order valence-corrected chi connectivity index (χ2v) is 3.30. The standard InChI is InChI=1S/C9H15F2NO2/c10-8(11)7-14-6-3-9(13)12-4-1-2-5-12/h8H,1-7H2. The van der Waals surface area contributed by atoms with Crippen LogP contribution >= 0.6 is 0 Å². The number of carbonyl (C=O) groups is 1. The lowest BCUT2D eigenvalue weighted by Crippen LogP contribution is -2.28. The lowest BCUT2D eigenvalue weighted by Gasteiger charge is -2.14. The molecule has 0 aromatic carbocycles. The predicted octanol–water partition coefficient (Wildman–Crippen LogP) is 1.28. The molecule has 1 fully saturated rings. The van der Waals surface area contributed by atoms with Crippen LogP contribution in [0.4, 0.5) is 8.78 Å². The molecule has 0 N–H and O–H groups in total. The molecule has 0 saturated carbocycles. The number of amides is 1. The van der Waals surface area contributed by atoms with Gasteiger partial charge in [0, 0.05) is 13.1 Å². The van der Waals surface area contributed by atoms with E-state index in [-0.39, 0.29) is 18.9 Å². The van der Waals surface area contributed by atoms with Crippen LogP contribution in [0.5, 0.6) is 0 Å². The highest BCUT2D eigenvalue weighted by molar-refractivity contribution is 5.76. The fourth-order valence-electron chi connectivity index (χ4n) is 1.46. The van der Waals surface area contributed by atoms with Crippen molar-refractivity contribution in [3.8, 4) is 0 Å². The minimum Gasteiger partial charge on any atom is -0.375 e. The highest BCUT2D eigenvalue weighted by Crippen LogP contribution is 2.08. The van der Waals surface area contributed by atoms with Crippen molar-refractivity contribution in [2.24, 2.45) is 0 Å². The van der Waals surface area contributed by atoms with Crippen LogP contribution in [0.1, 0.15) is 19.3 Å². The zero-order chi connectivity index (χ0) is 10.4. The summed E-state index contributed by atoms with van der Waals surface area (Å²) in [4.78, 5) is 13.1. The number of hydrogen-bond acceptors (Lipinski definition) is 2. The summed E-state index contributed by atoms with van der Waals surface area (Å²) < 4.78 is 27.9. The molecule has 0 unspecified atom stereocenters. The summed E-state index contributed by atoms with van der Waals surface area (Å²) in [6.07, 6.45) is -0.142. The van der Waals surface area contributed by atoms with E-state index in [2.05, 4.69) is 4.74 Å². The number of ether oxygens (including phenoxy) is 1. The van der Waals surface area contributed by atoms with Gasteiger partial charge in [-0.15, -0.1) is 0 Å². The summed E-state index contributed by atoms with van der Waals surface area (Å²) in [5.41, 5.74) is 0. The molecule has 0 spiro atoms. The van der Waals surface area contributed by atoms with E-state index in [0.717, 1.165) is 25.9 Å². The van der Waals surface area contributed by atoms with Gasteiger partial charge in [0.2, 0.25) is 5.91 Å². The number of rotatable bonds is 5. The van der Waals surface area contributed by atoms with Crippen LogP contribution in [0.25, 0.3) is 0 Å². The number of halogens is 2.